The summed E-state index contributed by atoms with van der Waals surface area (Å²) in [6.07, 6.45) is -8.53. The molecule has 1 aliphatic carbocycles. The lowest BCUT2D eigenvalue weighted by atomic mass is 9.83. The van der Waals surface area contributed by atoms with Gasteiger partial charge in [-0.1, -0.05) is 0 Å². The van der Waals surface area contributed by atoms with Crippen molar-refractivity contribution in [2.75, 3.05) is 39.3 Å². The number of ether oxygens (including phenoxy) is 4. The van der Waals surface area contributed by atoms with Crippen LogP contribution < -0.4 is 39.3 Å². The lowest BCUT2D eigenvalue weighted by Crippen LogP contribution is -2.69. The molecule has 2 aliphatic heterocycles. The highest BCUT2D eigenvalue weighted by Gasteiger charge is 2.51. The van der Waals surface area contributed by atoms with Crippen LogP contribution in [-0.4, -0.2) is 156 Å². The molecule has 0 aromatic heterocycles. The number of aliphatic hydroxyl groups excluding tert-OH is 4. The van der Waals surface area contributed by atoms with Crippen LogP contribution in [0, 0.1) is 0 Å². The van der Waals surface area contributed by atoms with Gasteiger partial charge in [-0.2, -0.15) is 0 Å². The minimum absolute atomic E-state index is 0.00776. The van der Waals surface area contributed by atoms with E-state index in [4.69, 9.17) is 47.6 Å². The summed E-state index contributed by atoms with van der Waals surface area (Å²) in [7, 11) is 0. The molecule has 3 aliphatic rings. The molecule has 0 radical (unpaired) electrons. The summed E-state index contributed by atoms with van der Waals surface area (Å²) in [6.45, 7) is 0.586. The Morgan fingerprint density at radius 3 is 2.29 bits per heavy atom. The highest BCUT2D eigenvalue weighted by molar-refractivity contribution is 5.73. The van der Waals surface area contributed by atoms with Crippen LogP contribution in [-0.2, 0) is 18.9 Å². The SMILES string of the molecule is NCCCN[C@@H]1CC[C@@H](CN)O[C@@H]1OC1[C@@H](N)C[C@@H](NC(=O)N(O)CCN)[C@H](O[C@H]2O[C@H](CO)[C@@H](O)[C@H](N)[C@H]2O)[C@H]1O. The largest absolute Gasteiger partial charge is 0.394 e. The Balaban J connectivity index is 1.83. The van der Waals surface area contributed by atoms with Gasteiger partial charge < -0.3 is 78.7 Å². The second-order valence-electron chi connectivity index (χ2n) is 11.0. The standard InChI is InChI=1S/C24H50N8O10/c25-4-1-6-30-13-3-2-11(9-27)39-22(13)41-20-12(28)8-14(31-24(37)32(38)7-5-26)21(19(20)36)42-23-18(35)16(29)17(34)15(10-33)40-23/h11-23,30,33-36,38H,1-10,25-29H2,(H,31,37)/t11-,12-,13+,14+,15+,16-,17+,18+,19-,20?,21-,22+,23+/m0/s1. The molecule has 1 saturated carbocycles. The number of nitrogens with one attached hydrogen (secondary N) is 2. The lowest BCUT2D eigenvalue weighted by Gasteiger charge is -2.48. The summed E-state index contributed by atoms with van der Waals surface area (Å²) in [4.78, 5) is 12.6. The first-order valence-electron chi connectivity index (χ1n) is 14.4. The maximum absolute atomic E-state index is 12.6. The normalized spacial score (nSPS) is 41.0. The summed E-state index contributed by atoms with van der Waals surface area (Å²) < 4.78 is 23.9. The van der Waals surface area contributed by atoms with Crippen molar-refractivity contribution in [3.05, 3.63) is 0 Å². The van der Waals surface area contributed by atoms with Gasteiger partial charge in [-0.25, -0.2) is 9.86 Å². The topological polar surface area (TPSA) is 313 Å². The summed E-state index contributed by atoms with van der Waals surface area (Å²) in [6, 6.07) is -4.27. The van der Waals surface area contributed by atoms with Crippen LogP contribution in [0.5, 0.6) is 0 Å². The number of amides is 2. The Morgan fingerprint density at radius 1 is 0.929 bits per heavy atom. The average molecular weight is 611 g/mol. The second kappa shape index (κ2) is 16.7. The molecule has 18 nitrogen and oxygen atoms in total. The molecule has 2 heterocycles. The molecule has 0 bridgehead atoms. The molecule has 42 heavy (non-hydrogen) atoms. The van der Waals surface area contributed by atoms with Crippen molar-refractivity contribution in [2.45, 2.75) is 105 Å². The van der Waals surface area contributed by atoms with Crippen LogP contribution in [0.15, 0.2) is 0 Å². The fourth-order valence-corrected chi connectivity index (χ4v) is 5.47. The average Bonchev–Trinajstić information content (AvgIpc) is 2.97. The van der Waals surface area contributed by atoms with Crippen molar-refractivity contribution < 1.29 is 49.4 Å². The van der Waals surface area contributed by atoms with E-state index < -0.39 is 80.0 Å². The zero-order chi connectivity index (χ0) is 31.0. The Hall–Kier alpha value is -1.33. The Bertz CT molecular complexity index is 819. The number of nitrogens with zero attached hydrogens (tertiary/aromatic N) is 1. The van der Waals surface area contributed by atoms with E-state index in [1.165, 1.54) is 0 Å². The molecule has 1 unspecified atom stereocenters. The fraction of sp³-hybridized carbons (Fsp3) is 0.958. The summed E-state index contributed by atoms with van der Waals surface area (Å²) in [5.41, 5.74) is 29.3. The zero-order valence-corrected chi connectivity index (χ0v) is 23.7. The maximum Gasteiger partial charge on any atom is 0.341 e. The van der Waals surface area contributed by atoms with E-state index in [0.717, 1.165) is 6.42 Å². The number of aliphatic hydroxyl groups is 4. The van der Waals surface area contributed by atoms with Gasteiger partial charge >= 0.3 is 6.03 Å². The molecular formula is C24H50N8O10. The van der Waals surface area contributed by atoms with Gasteiger partial charge in [0, 0.05) is 19.1 Å². The third-order valence-corrected chi connectivity index (χ3v) is 7.93. The van der Waals surface area contributed by atoms with Crippen molar-refractivity contribution in [1.29, 1.82) is 0 Å². The molecule has 18 heteroatoms. The molecule has 3 rings (SSSR count). The first-order chi connectivity index (χ1) is 20.1. The van der Waals surface area contributed by atoms with Gasteiger partial charge in [0.05, 0.1) is 37.4 Å². The van der Waals surface area contributed by atoms with E-state index >= 15 is 0 Å². The van der Waals surface area contributed by atoms with E-state index in [2.05, 4.69) is 10.6 Å². The molecule has 246 valence electrons. The molecule has 0 aromatic rings. The minimum Gasteiger partial charge on any atom is -0.394 e. The number of carbonyl (C=O) groups is 1. The highest BCUT2D eigenvalue weighted by atomic mass is 16.7. The Morgan fingerprint density at radius 2 is 1.64 bits per heavy atom. The second-order valence-corrected chi connectivity index (χ2v) is 11.0. The van der Waals surface area contributed by atoms with E-state index in [0.29, 0.717) is 31.0 Å². The van der Waals surface area contributed by atoms with Crippen LogP contribution in [0.4, 0.5) is 4.79 Å². The third-order valence-electron chi connectivity index (χ3n) is 7.93. The molecule has 17 N–H and O–H groups in total. The van der Waals surface area contributed by atoms with E-state index in [-0.39, 0.29) is 38.2 Å². The van der Waals surface area contributed by atoms with Crippen LogP contribution in [0.25, 0.3) is 0 Å². The molecule has 2 saturated heterocycles. The quantitative estimate of drug-likeness (QED) is 0.0524. The fourth-order valence-electron chi connectivity index (χ4n) is 5.47. The van der Waals surface area contributed by atoms with Gasteiger partial charge in [0.1, 0.15) is 36.6 Å². The summed E-state index contributed by atoms with van der Waals surface area (Å²) >= 11 is 0. The first kappa shape index (κ1) is 35.2. The number of carbonyl (C=O) groups excluding carboxylic acids is 1. The van der Waals surface area contributed by atoms with Crippen molar-refractivity contribution in [3.63, 3.8) is 0 Å². The number of hydrogen-bond donors (Lipinski definition) is 12. The maximum atomic E-state index is 12.6. The molecule has 0 aromatic carbocycles. The molecule has 0 spiro atoms. The van der Waals surface area contributed by atoms with Gasteiger partial charge in [0.2, 0.25) is 0 Å². The molecule has 2 amide bonds. The predicted octanol–water partition coefficient (Wildman–Crippen LogP) is -5.89. The summed E-state index contributed by atoms with van der Waals surface area (Å²) in [5.74, 6) is 0. The van der Waals surface area contributed by atoms with E-state index in [9.17, 15) is 30.4 Å². The predicted molar refractivity (Wildman–Crippen MR) is 146 cm³/mol. The Labute approximate surface area is 244 Å². The van der Waals surface area contributed by atoms with Crippen molar-refractivity contribution >= 4 is 6.03 Å². The number of nitrogens with two attached hydrogens (primary N) is 5. The van der Waals surface area contributed by atoms with Gasteiger partial charge in [0.15, 0.2) is 12.6 Å². The van der Waals surface area contributed by atoms with Gasteiger partial charge in [-0.15, -0.1) is 0 Å². The van der Waals surface area contributed by atoms with Crippen molar-refractivity contribution in [1.82, 2.24) is 15.7 Å². The smallest absolute Gasteiger partial charge is 0.341 e. The highest BCUT2D eigenvalue weighted by Crippen LogP contribution is 2.32. The van der Waals surface area contributed by atoms with Crippen LogP contribution >= 0.6 is 0 Å². The molecule has 3 fully saturated rings. The van der Waals surface area contributed by atoms with Gasteiger partial charge in [-0.05, 0) is 38.8 Å². The van der Waals surface area contributed by atoms with E-state index in [1.54, 1.807) is 0 Å². The lowest BCUT2D eigenvalue weighted by molar-refractivity contribution is -0.314. The molecule has 13 atom stereocenters. The zero-order valence-electron chi connectivity index (χ0n) is 23.7. The number of rotatable bonds is 13. The van der Waals surface area contributed by atoms with Crippen LogP contribution in [0.2, 0.25) is 0 Å². The Kier molecular flexibility index (Phi) is 13.9. The monoisotopic (exact) mass is 610 g/mol. The van der Waals surface area contributed by atoms with Crippen molar-refractivity contribution in [3.8, 4) is 0 Å². The number of hydrogen-bond acceptors (Lipinski definition) is 16. The number of urea groups is 1. The number of hydroxylamine groups is 2. The minimum atomic E-state index is -1.56. The third kappa shape index (κ3) is 8.65. The first-order valence-corrected chi connectivity index (χ1v) is 14.4. The summed E-state index contributed by atoms with van der Waals surface area (Å²) in [5, 5.41) is 58.4. The van der Waals surface area contributed by atoms with Gasteiger partial charge in [-0.3, -0.25) is 5.21 Å². The van der Waals surface area contributed by atoms with Crippen LogP contribution in [0.3, 0.4) is 0 Å². The van der Waals surface area contributed by atoms with Crippen molar-refractivity contribution in [2.24, 2.45) is 28.7 Å². The van der Waals surface area contributed by atoms with Gasteiger partial charge in [0.25, 0.3) is 0 Å². The van der Waals surface area contributed by atoms with Crippen LogP contribution in [0.1, 0.15) is 25.7 Å². The van der Waals surface area contributed by atoms with E-state index in [1.807, 2.05) is 0 Å². The molecular weight excluding hydrogens is 560 g/mol.